The molecule has 3 rings (SSSR count). The quantitative estimate of drug-likeness (QED) is 0.689. The summed E-state index contributed by atoms with van der Waals surface area (Å²) in [6.07, 6.45) is 1.77. The molecule has 3 aromatic rings. The van der Waals surface area contributed by atoms with Crippen molar-refractivity contribution in [2.45, 2.75) is 13.8 Å². The van der Waals surface area contributed by atoms with Crippen molar-refractivity contribution in [2.75, 3.05) is 20.2 Å². The number of carbonyl (C=O) groups excluding carboxylic acids is 1. The number of thiophene rings is 1. The predicted octanol–water partition coefficient (Wildman–Crippen LogP) is 4.45. The van der Waals surface area contributed by atoms with Crippen molar-refractivity contribution >= 4 is 27.5 Å². The van der Waals surface area contributed by atoms with Gasteiger partial charge < -0.3 is 9.64 Å². The summed E-state index contributed by atoms with van der Waals surface area (Å²) in [5.74, 6) is 0.863. The maximum Gasteiger partial charge on any atom is 0.264 e. The van der Waals surface area contributed by atoms with E-state index < -0.39 is 0 Å². The summed E-state index contributed by atoms with van der Waals surface area (Å²) in [5, 5.41) is 1.02. The fraction of sp³-hybridized carbons (Fsp3) is 0.263. The zero-order valence-corrected chi connectivity index (χ0v) is 14.9. The van der Waals surface area contributed by atoms with Crippen molar-refractivity contribution in [3.05, 3.63) is 47.5 Å². The van der Waals surface area contributed by atoms with E-state index in [2.05, 4.69) is 4.98 Å². The number of hydrogen-bond acceptors (Lipinski definition) is 4. The zero-order chi connectivity index (χ0) is 17.1. The van der Waals surface area contributed by atoms with Crippen LogP contribution in [0, 0.1) is 0 Å². The third kappa shape index (κ3) is 2.87. The van der Waals surface area contributed by atoms with E-state index in [1.54, 1.807) is 13.3 Å². The molecule has 0 radical (unpaired) electrons. The van der Waals surface area contributed by atoms with Gasteiger partial charge >= 0.3 is 0 Å². The highest BCUT2D eigenvalue weighted by molar-refractivity contribution is 7.21. The molecular formula is C19H20N2O2S. The summed E-state index contributed by atoms with van der Waals surface area (Å²) in [7, 11) is 1.65. The van der Waals surface area contributed by atoms with Crippen LogP contribution < -0.4 is 4.74 Å². The Bertz CT molecular complexity index is 851. The molecule has 0 bridgehead atoms. The van der Waals surface area contributed by atoms with Crippen LogP contribution in [0.15, 0.2) is 42.6 Å². The van der Waals surface area contributed by atoms with E-state index >= 15 is 0 Å². The Morgan fingerprint density at radius 3 is 2.50 bits per heavy atom. The van der Waals surface area contributed by atoms with Crippen LogP contribution >= 0.6 is 11.3 Å². The smallest absolute Gasteiger partial charge is 0.264 e. The van der Waals surface area contributed by atoms with E-state index in [0.29, 0.717) is 13.1 Å². The Kier molecular flexibility index (Phi) is 4.81. The van der Waals surface area contributed by atoms with E-state index in [1.807, 2.05) is 55.1 Å². The lowest BCUT2D eigenvalue weighted by atomic mass is 10.0. The minimum absolute atomic E-state index is 0.0637. The molecule has 0 spiro atoms. The Hall–Kier alpha value is -2.40. The fourth-order valence-electron chi connectivity index (χ4n) is 2.78. The minimum atomic E-state index is 0.0637. The standard InChI is InChI=1S/C19H20N2O2S/c1-4-21(5-2)19(22)17-16(13-8-10-14(23-3)11-9-13)15-7-6-12-20-18(15)24-17/h6-12H,4-5H2,1-3H3. The molecule has 24 heavy (non-hydrogen) atoms. The molecule has 1 aromatic carbocycles. The van der Waals surface area contributed by atoms with Gasteiger partial charge in [0, 0.05) is 30.2 Å². The number of amides is 1. The number of methoxy groups -OCH3 is 1. The van der Waals surface area contributed by atoms with Crippen molar-refractivity contribution in [1.29, 1.82) is 0 Å². The number of benzene rings is 1. The van der Waals surface area contributed by atoms with Crippen LogP contribution in [0.3, 0.4) is 0 Å². The third-order valence-corrected chi connectivity index (χ3v) is 5.19. The molecule has 2 aromatic heterocycles. The Labute approximate surface area is 145 Å². The van der Waals surface area contributed by atoms with Gasteiger partial charge in [0.25, 0.3) is 5.91 Å². The summed E-state index contributed by atoms with van der Waals surface area (Å²) in [5.41, 5.74) is 1.97. The van der Waals surface area contributed by atoms with Crippen LogP contribution in [-0.2, 0) is 0 Å². The SMILES string of the molecule is CCN(CC)C(=O)c1sc2ncccc2c1-c1ccc(OC)cc1. The van der Waals surface area contributed by atoms with E-state index in [4.69, 9.17) is 4.74 Å². The number of carbonyl (C=O) groups is 1. The first-order valence-electron chi connectivity index (χ1n) is 8.00. The second-order valence-corrected chi connectivity index (χ2v) is 6.37. The van der Waals surface area contributed by atoms with Crippen LogP contribution in [0.1, 0.15) is 23.5 Å². The van der Waals surface area contributed by atoms with Gasteiger partial charge in [-0.1, -0.05) is 12.1 Å². The van der Waals surface area contributed by atoms with Gasteiger partial charge in [0.1, 0.15) is 15.5 Å². The Morgan fingerprint density at radius 1 is 1.17 bits per heavy atom. The Balaban J connectivity index is 2.19. The van der Waals surface area contributed by atoms with Gasteiger partial charge in [0.15, 0.2) is 0 Å². The highest BCUT2D eigenvalue weighted by Gasteiger charge is 2.23. The van der Waals surface area contributed by atoms with E-state index in [0.717, 1.165) is 32.0 Å². The molecule has 0 unspecified atom stereocenters. The summed E-state index contributed by atoms with van der Waals surface area (Å²) in [6, 6.07) is 11.8. The molecule has 1 amide bonds. The van der Waals surface area contributed by atoms with E-state index in [-0.39, 0.29) is 5.91 Å². The lowest BCUT2D eigenvalue weighted by molar-refractivity contribution is 0.0778. The molecule has 124 valence electrons. The van der Waals surface area contributed by atoms with Gasteiger partial charge in [0.05, 0.1) is 7.11 Å². The number of nitrogens with zero attached hydrogens (tertiary/aromatic N) is 2. The van der Waals surface area contributed by atoms with Gasteiger partial charge in [-0.05, 0) is 43.7 Å². The highest BCUT2D eigenvalue weighted by atomic mass is 32.1. The molecule has 0 aliphatic rings. The molecule has 5 heteroatoms. The van der Waals surface area contributed by atoms with Gasteiger partial charge in [-0.25, -0.2) is 4.98 Å². The van der Waals surface area contributed by atoms with E-state index in [9.17, 15) is 4.79 Å². The number of pyridine rings is 1. The van der Waals surface area contributed by atoms with Crippen LogP contribution in [0.25, 0.3) is 21.3 Å². The second kappa shape index (κ2) is 7.01. The third-order valence-electron chi connectivity index (χ3n) is 4.09. The van der Waals surface area contributed by atoms with Gasteiger partial charge in [-0.2, -0.15) is 0 Å². The van der Waals surface area contributed by atoms with Crippen molar-refractivity contribution in [3.63, 3.8) is 0 Å². The molecule has 0 saturated carbocycles. The first-order chi connectivity index (χ1) is 11.7. The van der Waals surface area contributed by atoms with Crippen molar-refractivity contribution in [3.8, 4) is 16.9 Å². The molecule has 4 nitrogen and oxygen atoms in total. The van der Waals surface area contributed by atoms with Crippen LogP contribution in [0.2, 0.25) is 0 Å². The predicted molar refractivity (Wildman–Crippen MR) is 98.9 cm³/mol. The van der Waals surface area contributed by atoms with Crippen molar-refractivity contribution < 1.29 is 9.53 Å². The number of aromatic nitrogens is 1. The Morgan fingerprint density at radius 2 is 1.88 bits per heavy atom. The van der Waals surface area contributed by atoms with Crippen LogP contribution in [0.5, 0.6) is 5.75 Å². The second-order valence-electron chi connectivity index (χ2n) is 5.37. The number of hydrogen-bond donors (Lipinski definition) is 0. The number of fused-ring (bicyclic) bond motifs is 1. The molecule has 0 aliphatic carbocycles. The molecule has 2 heterocycles. The van der Waals surface area contributed by atoms with E-state index in [1.165, 1.54) is 11.3 Å². The van der Waals surface area contributed by atoms with Crippen molar-refractivity contribution in [1.82, 2.24) is 9.88 Å². The van der Waals surface area contributed by atoms with Crippen molar-refractivity contribution in [2.24, 2.45) is 0 Å². The monoisotopic (exact) mass is 340 g/mol. The summed E-state index contributed by atoms with van der Waals surface area (Å²) in [6.45, 7) is 5.39. The molecule has 0 aliphatic heterocycles. The summed E-state index contributed by atoms with van der Waals surface area (Å²) >= 11 is 1.46. The summed E-state index contributed by atoms with van der Waals surface area (Å²) in [4.78, 5) is 20.9. The first-order valence-corrected chi connectivity index (χ1v) is 8.82. The first kappa shape index (κ1) is 16.5. The largest absolute Gasteiger partial charge is 0.497 e. The van der Waals surface area contributed by atoms with Crippen LogP contribution in [-0.4, -0.2) is 36.0 Å². The lowest BCUT2D eigenvalue weighted by Crippen LogP contribution is -2.30. The molecule has 0 N–H and O–H groups in total. The number of rotatable bonds is 5. The topological polar surface area (TPSA) is 42.4 Å². The maximum absolute atomic E-state index is 13.0. The molecular weight excluding hydrogens is 320 g/mol. The number of ether oxygens (including phenoxy) is 1. The molecule has 0 atom stereocenters. The fourth-order valence-corrected chi connectivity index (χ4v) is 3.91. The summed E-state index contributed by atoms with van der Waals surface area (Å²) < 4.78 is 5.24. The molecule has 0 saturated heterocycles. The average molecular weight is 340 g/mol. The van der Waals surface area contributed by atoms with Gasteiger partial charge in [-0.15, -0.1) is 11.3 Å². The normalized spacial score (nSPS) is 10.8. The molecule has 0 fully saturated rings. The maximum atomic E-state index is 13.0. The highest BCUT2D eigenvalue weighted by Crippen LogP contribution is 2.39. The van der Waals surface area contributed by atoms with Gasteiger partial charge in [0.2, 0.25) is 0 Å². The zero-order valence-electron chi connectivity index (χ0n) is 14.1. The van der Waals surface area contributed by atoms with Gasteiger partial charge in [-0.3, -0.25) is 4.79 Å². The lowest BCUT2D eigenvalue weighted by Gasteiger charge is -2.18. The minimum Gasteiger partial charge on any atom is -0.497 e. The average Bonchev–Trinajstić information content (AvgIpc) is 3.02. The van der Waals surface area contributed by atoms with Crippen LogP contribution in [0.4, 0.5) is 0 Å².